The molecular weight excluding hydrogens is 222 g/mol. The molecule has 1 aromatic rings. The van der Waals surface area contributed by atoms with Crippen molar-refractivity contribution in [1.29, 1.82) is 0 Å². The maximum atomic E-state index is 6.12. The average molecular weight is 240 g/mol. The van der Waals surface area contributed by atoms with Crippen molar-refractivity contribution >= 4 is 11.6 Å². The van der Waals surface area contributed by atoms with Crippen molar-refractivity contribution < 1.29 is 4.74 Å². The first-order chi connectivity index (χ1) is 7.70. The fourth-order valence-electron chi connectivity index (χ4n) is 2.02. The Morgan fingerprint density at radius 3 is 2.94 bits per heavy atom. The van der Waals surface area contributed by atoms with Gasteiger partial charge in [0.2, 0.25) is 0 Å². The predicted molar refractivity (Wildman–Crippen MR) is 66.7 cm³/mol. The molecule has 1 atom stereocenters. The van der Waals surface area contributed by atoms with E-state index in [4.69, 9.17) is 16.3 Å². The van der Waals surface area contributed by atoms with E-state index in [0.717, 1.165) is 43.2 Å². The summed E-state index contributed by atoms with van der Waals surface area (Å²) < 4.78 is 5.51. The average Bonchev–Trinajstić information content (AvgIpc) is 2.29. The van der Waals surface area contributed by atoms with Crippen LogP contribution in [0.1, 0.15) is 25.3 Å². The minimum atomic E-state index is 0.0947. The molecule has 1 fully saturated rings. The van der Waals surface area contributed by atoms with Gasteiger partial charge in [-0.05, 0) is 31.4 Å². The van der Waals surface area contributed by atoms with Crippen molar-refractivity contribution in [3.63, 3.8) is 0 Å². The zero-order chi connectivity index (χ0) is 11.4. The highest BCUT2D eigenvalue weighted by molar-refractivity contribution is 6.31. The zero-order valence-electron chi connectivity index (χ0n) is 9.63. The van der Waals surface area contributed by atoms with Crippen molar-refractivity contribution in [3.05, 3.63) is 34.9 Å². The van der Waals surface area contributed by atoms with Gasteiger partial charge in [-0.2, -0.15) is 0 Å². The number of rotatable bonds is 3. The molecule has 3 heteroatoms. The van der Waals surface area contributed by atoms with Crippen LogP contribution in [0, 0.1) is 0 Å². The number of hydrogen-bond donors (Lipinski definition) is 1. The second-order valence-corrected chi connectivity index (χ2v) is 5.07. The molecule has 0 spiro atoms. The predicted octanol–water partition coefficient (Wildman–Crippen LogP) is 3.00. The lowest BCUT2D eigenvalue weighted by Gasteiger charge is -2.34. The monoisotopic (exact) mass is 239 g/mol. The van der Waals surface area contributed by atoms with Crippen LogP contribution >= 0.6 is 11.6 Å². The summed E-state index contributed by atoms with van der Waals surface area (Å²) in [7, 11) is 0. The number of benzene rings is 1. The molecule has 2 nitrogen and oxygen atoms in total. The van der Waals surface area contributed by atoms with Crippen molar-refractivity contribution in [2.75, 3.05) is 13.2 Å². The number of nitrogens with one attached hydrogen (secondary N) is 1. The van der Waals surface area contributed by atoms with Crippen LogP contribution in [-0.4, -0.2) is 18.8 Å². The second kappa shape index (κ2) is 5.17. The van der Waals surface area contributed by atoms with E-state index in [1.165, 1.54) is 0 Å². The molecule has 0 aliphatic carbocycles. The van der Waals surface area contributed by atoms with Gasteiger partial charge in [0.15, 0.2) is 0 Å². The molecule has 0 radical (unpaired) electrons. The summed E-state index contributed by atoms with van der Waals surface area (Å²) in [5, 5.41) is 4.37. The van der Waals surface area contributed by atoms with E-state index >= 15 is 0 Å². The van der Waals surface area contributed by atoms with Crippen molar-refractivity contribution in [1.82, 2.24) is 5.32 Å². The van der Waals surface area contributed by atoms with Gasteiger partial charge in [0.1, 0.15) is 0 Å². The van der Waals surface area contributed by atoms with Crippen LogP contribution in [-0.2, 0) is 11.3 Å². The van der Waals surface area contributed by atoms with Crippen LogP contribution in [0.3, 0.4) is 0 Å². The topological polar surface area (TPSA) is 21.3 Å². The van der Waals surface area contributed by atoms with E-state index in [9.17, 15) is 0 Å². The SMILES string of the molecule is CC1(NCc2ccccc2Cl)CCCOC1. The maximum absolute atomic E-state index is 6.12. The third-order valence-electron chi connectivity index (χ3n) is 3.10. The summed E-state index contributed by atoms with van der Waals surface area (Å²) in [5.74, 6) is 0. The fourth-order valence-corrected chi connectivity index (χ4v) is 2.23. The van der Waals surface area contributed by atoms with Gasteiger partial charge in [0, 0.05) is 23.7 Å². The van der Waals surface area contributed by atoms with Gasteiger partial charge >= 0.3 is 0 Å². The Kier molecular flexibility index (Phi) is 3.85. The van der Waals surface area contributed by atoms with E-state index in [2.05, 4.69) is 18.3 Å². The van der Waals surface area contributed by atoms with E-state index in [-0.39, 0.29) is 5.54 Å². The van der Waals surface area contributed by atoms with Crippen LogP contribution in [0.5, 0.6) is 0 Å². The van der Waals surface area contributed by atoms with E-state index in [0.29, 0.717) is 0 Å². The highest BCUT2D eigenvalue weighted by Crippen LogP contribution is 2.20. The molecule has 0 saturated carbocycles. The van der Waals surface area contributed by atoms with Crippen LogP contribution in [0.15, 0.2) is 24.3 Å². The Bertz CT molecular complexity index is 348. The van der Waals surface area contributed by atoms with Gasteiger partial charge in [-0.1, -0.05) is 29.8 Å². The Balaban J connectivity index is 1.94. The summed E-state index contributed by atoms with van der Waals surface area (Å²) in [6.45, 7) is 4.70. The Hall–Kier alpha value is -0.570. The molecule has 16 heavy (non-hydrogen) atoms. The van der Waals surface area contributed by atoms with Crippen molar-refractivity contribution in [2.24, 2.45) is 0 Å². The third kappa shape index (κ3) is 2.97. The molecule has 1 heterocycles. The molecule has 1 N–H and O–H groups in total. The number of halogens is 1. The smallest absolute Gasteiger partial charge is 0.0645 e. The Labute approximate surface area is 102 Å². The van der Waals surface area contributed by atoms with Gasteiger partial charge < -0.3 is 10.1 Å². The lowest BCUT2D eigenvalue weighted by atomic mass is 9.94. The normalized spacial score (nSPS) is 25.6. The standard InChI is InChI=1S/C13H18ClNO/c1-13(7-4-8-16-10-13)15-9-11-5-2-3-6-12(11)14/h2-3,5-6,15H,4,7-10H2,1H3. The molecule has 1 aromatic carbocycles. The summed E-state index contributed by atoms with van der Waals surface area (Å²) in [6, 6.07) is 7.96. The van der Waals surface area contributed by atoms with Crippen LogP contribution in [0.4, 0.5) is 0 Å². The fraction of sp³-hybridized carbons (Fsp3) is 0.538. The first kappa shape index (κ1) is 11.9. The maximum Gasteiger partial charge on any atom is 0.0645 e. The molecule has 0 amide bonds. The second-order valence-electron chi connectivity index (χ2n) is 4.66. The number of ether oxygens (including phenoxy) is 1. The third-order valence-corrected chi connectivity index (χ3v) is 3.47. The van der Waals surface area contributed by atoms with Gasteiger partial charge in [0.05, 0.1) is 6.61 Å². The van der Waals surface area contributed by atoms with E-state index < -0.39 is 0 Å². The van der Waals surface area contributed by atoms with Crippen molar-refractivity contribution in [3.8, 4) is 0 Å². The van der Waals surface area contributed by atoms with Gasteiger partial charge in [-0.25, -0.2) is 0 Å². The first-order valence-corrected chi connectivity index (χ1v) is 6.14. The van der Waals surface area contributed by atoms with E-state index in [1.54, 1.807) is 0 Å². The largest absolute Gasteiger partial charge is 0.380 e. The van der Waals surface area contributed by atoms with Crippen molar-refractivity contribution in [2.45, 2.75) is 31.8 Å². The molecule has 1 unspecified atom stereocenters. The molecular formula is C13H18ClNO. The van der Waals surface area contributed by atoms with Gasteiger partial charge in [0.25, 0.3) is 0 Å². The van der Waals surface area contributed by atoms with E-state index in [1.807, 2.05) is 18.2 Å². The quantitative estimate of drug-likeness (QED) is 0.876. The lowest BCUT2D eigenvalue weighted by molar-refractivity contribution is 0.0278. The molecule has 1 aliphatic heterocycles. The molecule has 0 aromatic heterocycles. The van der Waals surface area contributed by atoms with Crippen LogP contribution in [0.2, 0.25) is 5.02 Å². The Morgan fingerprint density at radius 2 is 2.25 bits per heavy atom. The Morgan fingerprint density at radius 1 is 1.44 bits per heavy atom. The first-order valence-electron chi connectivity index (χ1n) is 5.76. The lowest BCUT2D eigenvalue weighted by Crippen LogP contribution is -2.48. The summed E-state index contributed by atoms with van der Waals surface area (Å²) >= 11 is 6.12. The minimum Gasteiger partial charge on any atom is -0.380 e. The summed E-state index contributed by atoms with van der Waals surface area (Å²) in [5.41, 5.74) is 1.24. The van der Waals surface area contributed by atoms with Crippen LogP contribution < -0.4 is 5.32 Å². The summed E-state index contributed by atoms with van der Waals surface area (Å²) in [4.78, 5) is 0. The molecule has 1 saturated heterocycles. The zero-order valence-corrected chi connectivity index (χ0v) is 10.4. The highest BCUT2D eigenvalue weighted by Gasteiger charge is 2.26. The van der Waals surface area contributed by atoms with Gasteiger partial charge in [-0.15, -0.1) is 0 Å². The molecule has 1 aliphatic rings. The molecule has 2 rings (SSSR count). The molecule has 0 bridgehead atoms. The summed E-state index contributed by atoms with van der Waals surface area (Å²) in [6.07, 6.45) is 2.30. The molecule has 88 valence electrons. The highest BCUT2D eigenvalue weighted by atomic mass is 35.5. The minimum absolute atomic E-state index is 0.0947. The van der Waals surface area contributed by atoms with Gasteiger partial charge in [-0.3, -0.25) is 0 Å². The number of hydrogen-bond acceptors (Lipinski definition) is 2. The van der Waals surface area contributed by atoms with Crippen LogP contribution in [0.25, 0.3) is 0 Å².